The first-order chi connectivity index (χ1) is 12.2. The van der Waals surface area contributed by atoms with E-state index in [0.717, 1.165) is 5.56 Å². The zero-order chi connectivity index (χ0) is 17.2. The van der Waals surface area contributed by atoms with Gasteiger partial charge in [0.1, 0.15) is 23.9 Å². The van der Waals surface area contributed by atoms with Crippen LogP contribution in [0, 0.1) is 5.82 Å². The van der Waals surface area contributed by atoms with Crippen molar-refractivity contribution in [2.24, 2.45) is 0 Å². The monoisotopic (exact) mass is 363 g/mol. The Bertz CT molecular complexity index is 761. The number of morpholine rings is 1. The van der Waals surface area contributed by atoms with E-state index in [4.69, 9.17) is 14.2 Å². The third-order valence-corrected chi connectivity index (χ3v) is 5.23. The summed E-state index contributed by atoms with van der Waals surface area (Å²) in [6.45, 7) is 2.51. The van der Waals surface area contributed by atoms with Gasteiger partial charge in [-0.1, -0.05) is 12.1 Å². The molecular weight excluding hydrogens is 345 g/mol. The Kier molecular flexibility index (Phi) is 4.59. The average molecular weight is 363 g/mol. The summed E-state index contributed by atoms with van der Waals surface area (Å²) >= 11 is 1.35. The van der Waals surface area contributed by atoms with E-state index in [9.17, 15) is 9.18 Å². The molecule has 25 heavy (non-hydrogen) atoms. The maximum absolute atomic E-state index is 13.0. The largest absolute Gasteiger partial charge is 0.485 e. The second kappa shape index (κ2) is 7.01. The summed E-state index contributed by atoms with van der Waals surface area (Å²) in [4.78, 5) is 15.2. The summed E-state index contributed by atoms with van der Waals surface area (Å²) in [5.41, 5.74) is 0.992. The number of fused-ring (bicyclic) bond motifs is 1. The van der Waals surface area contributed by atoms with Crippen LogP contribution in [0.1, 0.15) is 15.2 Å². The summed E-state index contributed by atoms with van der Waals surface area (Å²) in [7, 11) is 0. The maximum atomic E-state index is 13.0. The standard InChI is InChI=1S/C18H18FNO4S/c19-13-3-1-12(2-4-13)9-14-10-20(5-6-22-14)18(21)17-16-15(11-25-17)23-7-8-24-16/h1-4,11,14H,5-10H2/t14-/m1/s1. The Morgan fingerprint density at radius 3 is 2.84 bits per heavy atom. The highest BCUT2D eigenvalue weighted by atomic mass is 32.1. The van der Waals surface area contributed by atoms with E-state index < -0.39 is 0 Å². The van der Waals surface area contributed by atoms with Gasteiger partial charge in [-0.25, -0.2) is 4.39 Å². The number of rotatable bonds is 3. The number of carbonyl (C=O) groups is 1. The number of halogens is 1. The molecule has 5 nitrogen and oxygen atoms in total. The predicted octanol–water partition coefficient (Wildman–Crippen LogP) is 2.74. The normalized spacial score (nSPS) is 19.7. The molecule has 2 aromatic rings. The molecule has 132 valence electrons. The predicted molar refractivity (Wildman–Crippen MR) is 91.1 cm³/mol. The maximum Gasteiger partial charge on any atom is 0.268 e. The van der Waals surface area contributed by atoms with Crippen molar-refractivity contribution in [2.75, 3.05) is 32.9 Å². The lowest BCUT2D eigenvalue weighted by Gasteiger charge is -2.33. The molecule has 2 aliphatic heterocycles. The van der Waals surface area contributed by atoms with Gasteiger partial charge in [0.2, 0.25) is 0 Å². The van der Waals surface area contributed by atoms with Crippen LogP contribution >= 0.6 is 11.3 Å². The molecule has 1 atom stereocenters. The fraction of sp³-hybridized carbons (Fsp3) is 0.389. The summed E-state index contributed by atoms with van der Waals surface area (Å²) in [6, 6.07) is 6.38. The molecule has 0 unspecified atom stereocenters. The van der Waals surface area contributed by atoms with Crippen molar-refractivity contribution in [1.82, 2.24) is 4.90 Å². The fourth-order valence-corrected chi connectivity index (χ4v) is 3.96. The van der Waals surface area contributed by atoms with Gasteiger partial charge >= 0.3 is 0 Å². The molecule has 0 spiro atoms. The molecule has 1 amide bonds. The van der Waals surface area contributed by atoms with Crippen molar-refractivity contribution in [3.05, 3.63) is 45.9 Å². The Labute approximate surface area is 148 Å². The molecule has 0 saturated carbocycles. The molecule has 7 heteroatoms. The number of amides is 1. The van der Waals surface area contributed by atoms with Gasteiger partial charge in [-0.3, -0.25) is 4.79 Å². The van der Waals surface area contributed by atoms with E-state index in [1.54, 1.807) is 17.0 Å². The lowest BCUT2D eigenvalue weighted by molar-refractivity contribution is -0.0208. The van der Waals surface area contributed by atoms with Crippen LogP contribution in [0.25, 0.3) is 0 Å². The van der Waals surface area contributed by atoms with Crippen molar-refractivity contribution in [3.63, 3.8) is 0 Å². The first kappa shape index (κ1) is 16.4. The van der Waals surface area contributed by atoms with E-state index in [0.29, 0.717) is 55.7 Å². The number of nitrogens with zero attached hydrogens (tertiary/aromatic N) is 1. The number of carbonyl (C=O) groups excluding carboxylic acids is 1. The van der Waals surface area contributed by atoms with Crippen LogP contribution in [-0.2, 0) is 11.2 Å². The minimum Gasteiger partial charge on any atom is -0.485 e. The van der Waals surface area contributed by atoms with Crippen LogP contribution in [-0.4, -0.2) is 49.8 Å². The summed E-state index contributed by atoms with van der Waals surface area (Å²) < 4.78 is 29.9. The van der Waals surface area contributed by atoms with Gasteiger partial charge in [0, 0.05) is 24.9 Å². The molecule has 2 aliphatic rings. The van der Waals surface area contributed by atoms with Crippen molar-refractivity contribution < 1.29 is 23.4 Å². The minimum atomic E-state index is -0.255. The first-order valence-electron chi connectivity index (χ1n) is 8.23. The van der Waals surface area contributed by atoms with Gasteiger partial charge in [-0.2, -0.15) is 0 Å². The Hall–Kier alpha value is -2.12. The van der Waals surface area contributed by atoms with Gasteiger partial charge < -0.3 is 19.1 Å². The molecule has 1 saturated heterocycles. The highest BCUT2D eigenvalue weighted by Crippen LogP contribution is 2.40. The number of ether oxygens (including phenoxy) is 3. The lowest BCUT2D eigenvalue weighted by Crippen LogP contribution is -2.46. The zero-order valence-corrected chi connectivity index (χ0v) is 14.4. The summed E-state index contributed by atoms with van der Waals surface area (Å²) in [5, 5.41) is 1.82. The topological polar surface area (TPSA) is 48.0 Å². The molecule has 1 fully saturated rings. The van der Waals surface area contributed by atoms with Crippen LogP contribution < -0.4 is 9.47 Å². The molecule has 1 aromatic heterocycles. The number of benzene rings is 1. The van der Waals surface area contributed by atoms with E-state index in [1.807, 2.05) is 5.38 Å². The van der Waals surface area contributed by atoms with E-state index in [1.165, 1.54) is 23.5 Å². The molecule has 0 radical (unpaired) electrons. The Balaban J connectivity index is 1.44. The van der Waals surface area contributed by atoms with Crippen molar-refractivity contribution in [2.45, 2.75) is 12.5 Å². The van der Waals surface area contributed by atoms with Gasteiger partial charge in [0.25, 0.3) is 5.91 Å². The van der Waals surface area contributed by atoms with Gasteiger partial charge in [0.05, 0.1) is 12.7 Å². The number of hydrogen-bond donors (Lipinski definition) is 0. The second-order valence-corrected chi connectivity index (χ2v) is 6.91. The second-order valence-electron chi connectivity index (χ2n) is 6.03. The fourth-order valence-electron chi connectivity index (χ4n) is 3.06. The van der Waals surface area contributed by atoms with Crippen LogP contribution in [0.5, 0.6) is 11.5 Å². The summed E-state index contributed by atoms with van der Waals surface area (Å²) in [6.07, 6.45) is 0.544. The molecule has 1 aromatic carbocycles. The van der Waals surface area contributed by atoms with Crippen molar-refractivity contribution in [1.29, 1.82) is 0 Å². The van der Waals surface area contributed by atoms with E-state index >= 15 is 0 Å². The Morgan fingerprint density at radius 2 is 2.00 bits per heavy atom. The molecule has 0 aliphatic carbocycles. The third-order valence-electron chi connectivity index (χ3n) is 4.30. The first-order valence-corrected chi connectivity index (χ1v) is 9.11. The van der Waals surface area contributed by atoms with Crippen LogP contribution in [0.3, 0.4) is 0 Å². The van der Waals surface area contributed by atoms with Gasteiger partial charge in [-0.15, -0.1) is 11.3 Å². The van der Waals surface area contributed by atoms with Crippen molar-refractivity contribution >= 4 is 17.2 Å². The van der Waals surface area contributed by atoms with Crippen LogP contribution in [0.4, 0.5) is 4.39 Å². The van der Waals surface area contributed by atoms with Gasteiger partial charge in [-0.05, 0) is 17.7 Å². The molecule has 0 bridgehead atoms. The quantitative estimate of drug-likeness (QED) is 0.841. The molecule has 4 rings (SSSR count). The lowest BCUT2D eigenvalue weighted by atomic mass is 10.1. The highest BCUT2D eigenvalue weighted by molar-refractivity contribution is 7.12. The van der Waals surface area contributed by atoms with Crippen molar-refractivity contribution in [3.8, 4) is 11.5 Å². The zero-order valence-electron chi connectivity index (χ0n) is 13.6. The highest BCUT2D eigenvalue weighted by Gasteiger charge is 2.30. The molecule has 3 heterocycles. The minimum absolute atomic E-state index is 0.0517. The number of thiophene rings is 1. The SMILES string of the molecule is O=C(c1scc2c1OCCO2)N1CCO[C@H](Cc2ccc(F)cc2)C1. The smallest absolute Gasteiger partial charge is 0.268 e. The van der Waals surface area contributed by atoms with Crippen LogP contribution in [0.2, 0.25) is 0 Å². The van der Waals surface area contributed by atoms with Gasteiger partial charge in [0.15, 0.2) is 11.5 Å². The van der Waals surface area contributed by atoms with E-state index in [-0.39, 0.29) is 17.8 Å². The van der Waals surface area contributed by atoms with E-state index in [2.05, 4.69) is 0 Å². The Morgan fingerprint density at radius 1 is 1.20 bits per heavy atom. The molecule has 0 N–H and O–H groups in total. The summed E-state index contributed by atoms with van der Waals surface area (Å²) in [5.74, 6) is 0.900. The average Bonchev–Trinajstić information content (AvgIpc) is 3.07. The number of hydrogen-bond acceptors (Lipinski definition) is 5. The third kappa shape index (κ3) is 3.48. The van der Waals surface area contributed by atoms with Crippen LogP contribution in [0.15, 0.2) is 29.6 Å². The molecular formula is C18H18FNO4S.